The van der Waals surface area contributed by atoms with Crippen molar-refractivity contribution in [2.24, 2.45) is 0 Å². The molecule has 1 aromatic heterocycles. The van der Waals surface area contributed by atoms with Gasteiger partial charge in [-0.2, -0.15) is 0 Å². The molecule has 1 N–H and O–H groups in total. The third-order valence-electron chi connectivity index (χ3n) is 5.98. The van der Waals surface area contributed by atoms with Crippen molar-refractivity contribution < 1.29 is 28.9 Å². The van der Waals surface area contributed by atoms with E-state index >= 15 is 0 Å². The number of aliphatic hydroxyl groups excluding tert-OH is 1. The number of morpholine rings is 1. The maximum atomic E-state index is 13.1. The normalized spacial score (nSPS) is 20.8. The smallest absolute Gasteiger partial charge is 0.295 e. The molecule has 0 spiro atoms. The number of ether oxygens (including phenoxy) is 3. The molecular formula is C24H27N3O6. The maximum Gasteiger partial charge on any atom is 0.295 e. The number of carbonyl (C=O) groups is 2. The average molecular weight is 453 g/mol. The van der Waals surface area contributed by atoms with Crippen LogP contribution in [0.15, 0.2) is 48.3 Å². The van der Waals surface area contributed by atoms with Crippen molar-refractivity contribution >= 4 is 17.4 Å². The van der Waals surface area contributed by atoms with Crippen LogP contribution >= 0.6 is 0 Å². The van der Waals surface area contributed by atoms with E-state index in [1.807, 2.05) is 0 Å². The van der Waals surface area contributed by atoms with E-state index in [0.717, 1.165) is 13.1 Å². The number of methoxy groups -OCH3 is 2. The van der Waals surface area contributed by atoms with E-state index < -0.39 is 17.7 Å². The first kappa shape index (κ1) is 22.8. The lowest BCUT2D eigenvalue weighted by Crippen LogP contribution is -2.42. The van der Waals surface area contributed by atoms with Crippen LogP contribution in [-0.2, 0) is 14.3 Å². The first-order valence-electron chi connectivity index (χ1n) is 10.8. The number of hydrogen-bond donors (Lipinski definition) is 1. The molecule has 174 valence electrons. The predicted octanol–water partition coefficient (Wildman–Crippen LogP) is 1.85. The molecular weight excluding hydrogens is 426 g/mol. The van der Waals surface area contributed by atoms with E-state index in [-0.39, 0.29) is 11.3 Å². The Morgan fingerprint density at radius 3 is 2.42 bits per heavy atom. The molecule has 9 heteroatoms. The summed E-state index contributed by atoms with van der Waals surface area (Å²) in [6.07, 6.45) is 3.21. The fourth-order valence-electron chi connectivity index (χ4n) is 4.22. The number of nitrogens with zero attached hydrogens (tertiary/aromatic N) is 3. The molecule has 1 unspecified atom stereocenters. The zero-order chi connectivity index (χ0) is 23.4. The Kier molecular flexibility index (Phi) is 6.90. The number of ketones is 1. The monoisotopic (exact) mass is 453 g/mol. The fraction of sp³-hybridized carbons (Fsp3) is 0.375. The van der Waals surface area contributed by atoms with Crippen LogP contribution < -0.4 is 9.47 Å². The highest BCUT2D eigenvalue weighted by Gasteiger charge is 2.46. The molecule has 1 amide bonds. The van der Waals surface area contributed by atoms with Crippen molar-refractivity contribution in [2.75, 3.05) is 53.6 Å². The highest BCUT2D eigenvalue weighted by atomic mass is 16.5. The predicted molar refractivity (Wildman–Crippen MR) is 120 cm³/mol. The number of hydrogen-bond acceptors (Lipinski definition) is 8. The summed E-state index contributed by atoms with van der Waals surface area (Å²) < 4.78 is 16.0. The summed E-state index contributed by atoms with van der Waals surface area (Å²) in [6, 6.07) is 7.63. The lowest BCUT2D eigenvalue weighted by Gasteiger charge is -2.31. The van der Waals surface area contributed by atoms with E-state index in [1.54, 1.807) is 42.7 Å². The van der Waals surface area contributed by atoms with Gasteiger partial charge >= 0.3 is 0 Å². The number of carbonyl (C=O) groups excluding carboxylic acids is 2. The van der Waals surface area contributed by atoms with E-state index in [1.165, 1.54) is 19.1 Å². The van der Waals surface area contributed by atoms with Gasteiger partial charge in [0.15, 0.2) is 11.5 Å². The fourth-order valence-corrected chi connectivity index (χ4v) is 4.22. The standard InChI is InChI=1S/C24H27N3O6/c1-31-18-4-3-17(15-19(18)32-2)22(28)20-21(16-5-7-25-8-6-16)27(24(30)23(20)29)10-9-26-11-13-33-14-12-26/h3-8,15,21,28H,9-14H2,1-2H3. The summed E-state index contributed by atoms with van der Waals surface area (Å²) in [6.45, 7) is 3.79. The van der Waals surface area contributed by atoms with Gasteiger partial charge in [-0.1, -0.05) is 0 Å². The SMILES string of the molecule is COc1ccc(C(O)=C2C(=O)C(=O)N(CCN3CCOCC3)C2c2ccncc2)cc1OC. The van der Waals surface area contributed by atoms with E-state index in [4.69, 9.17) is 14.2 Å². The Labute approximate surface area is 192 Å². The van der Waals surface area contributed by atoms with Gasteiger partial charge in [-0.25, -0.2) is 0 Å². The van der Waals surface area contributed by atoms with Crippen LogP contribution in [0.1, 0.15) is 17.2 Å². The number of amides is 1. The van der Waals surface area contributed by atoms with Crippen molar-refractivity contribution in [3.05, 3.63) is 59.4 Å². The second kappa shape index (κ2) is 10.0. The van der Waals surface area contributed by atoms with Crippen molar-refractivity contribution in [2.45, 2.75) is 6.04 Å². The summed E-state index contributed by atoms with van der Waals surface area (Å²) in [5, 5.41) is 11.2. The van der Waals surface area contributed by atoms with E-state index in [9.17, 15) is 14.7 Å². The van der Waals surface area contributed by atoms with Crippen molar-refractivity contribution in [3.8, 4) is 11.5 Å². The average Bonchev–Trinajstić information content (AvgIpc) is 3.12. The van der Waals surface area contributed by atoms with Gasteiger partial charge in [0.1, 0.15) is 5.76 Å². The molecule has 2 aliphatic heterocycles. The minimum atomic E-state index is -0.720. The van der Waals surface area contributed by atoms with Crippen molar-refractivity contribution in [3.63, 3.8) is 0 Å². The molecule has 33 heavy (non-hydrogen) atoms. The minimum Gasteiger partial charge on any atom is -0.507 e. The van der Waals surface area contributed by atoms with E-state index in [0.29, 0.717) is 48.9 Å². The Hall–Kier alpha value is -3.43. The van der Waals surface area contributed by atoms with Crippen LogP contribution in [0.4, 0.5) is 0 Å². The van der Waals surface area contributed by atoms with Crippen molar-refractivity contribution in [1.29, 1.82) is 0 Å². The van der Waals surface area contributed by atoms with Crippen LogP contribution in [0.2, 0.25) is 0 Å². The second-order valence-corrected chi connectivity index (χ2v) is 7.80. The van der Waals surface area contributed by atoms with Gasteiger partial charge in [0.25, 0.3) is 11.7 Å². The molecule has 0 bridgehead atoms. The molecule has 2 aromatic rings. The third-order valence-corrected chi connectivity index (χ3v) is 5.98. The van der Waals surface area contributed by atoms with Gasteiger partial charge in [0.2, 0.25) is 0 Å². The Morgan fingerprint density at radius 1 is 1.06 bits per heavy atom. The summed E-state index contributed by atoms with van der Waals surface area (Å²) in [7, 11) is 3.00. The molecule has 1 aromatic carbocycles. The van der Waals surface area contributed by atoms with Crippen LogP contribution in [0.5, 0.6) is 11.5 Å². The maximum absolute atomic E-state index is 13.1. The molecule has 2 aliphatic rings. The molecule has 0 radical (unpaired) electrons. The molecule has 2 saturated heterocycles. The zero-order valence-electron chi connectivity index (χ0n) is 18.7. The van der Waals surface area contributed by atoms with Gasteiger partial charge in [0, 0.05) is 44.1 Å². The Morgan fingerprint density at radius 2 is 1.76 bits per heavy atom. The number of aliphatic hydroxyl groups is 1. The number of pyridine rings is 1. The van der Waals surface area contributed by atoms with Crippen LogP contribution in [0.25, 0.3) is 5.76 Å². The van der Waals surface area contributed by atoms with Crippen LogP contribution in [0.3, 0.4) is 0 Å². The number of Topliss-reactive ketones (excluding diaryl/α,β-unsaturated/α-hetero) is 1. The topological polar surface area (TPSA) is 101 Å². The summed E-state index contributed by atoms with van der Waals surface area (Å²) in [5.74, 6) is -0.711. The molecule has 2 fully saturated rings. The van der Waals surface area contributed by atoms with Gasteiger partial charge in [-0.3, -0.25) is 19.5 Å². The Balaban J connectivity index is 1.73. The minimum absolute atomic E-state index is 0.0420. The molecule has 0 aliphatic carbocycles. The molecule has 1 atom stereocenters. The van der Waals surface area contributed by atoms with Crippen LogP contribution in [0, 0.1) is 0 Å². The molecule has 9 nitrogen and oxygen atoms in total. The third kappa shape index (κ3) is 4.55. The highest BCUT2D eigenvalue weighted by molar-refractivity contribution is 6.46. The van der Waals surface area contributed by atoms with Gasteiger partial charge in [-0.15, -0.1) is 0 Å². The molecule has 4 rings (SSSR count). The molecule has 0 saturated carbocycles. The van der Waals surface area contributed by atoms with E-state index in [2.05, 4.69) is 9.88 Å². The second-order valence-electron chi connectivity index (χ2n) is 7.80. The van der Waals surface area contributed by atoms with Crippen molar-refractivity contribution in [1.82, 2.24) is 14.8 Å². The number of aromatic nitrogens is 1. The highest BCUT2D eigenvalue weighted by Crippen LogP contribution is 2.40. The van der Waals surface area contributed by atoms with Gasteiger partial charge < -0.3 is 24.2 Å². The molecule has 3 heterocycles. The largest absolute Gasteiger partial charge is 0.507 e. The lowest BCUT2D eigenvalue weighted by molar-refractivity contribution is -0.140. The van der Waals surface area contributed by atoms with Gasteiger partial charge in [-0.05, 0) is 35.9 Å². The quantitative estimate of drug-likeness (QED) is 0.385. The first-order chi connectivity index (χ1) is 16.0. The zero-order valence-corrected chi connectivity index (χ0v) is 18.7. The summed E-state index contributed by atoms with van der Waals surface area (Å²) in [5.41, 5.74) is 1.10. The number of rotatable bonds is 7. The summed E-state index contributed by atoms with van der Waals surface area (Å²) >= 11 is 0. The number of benzene rings is 1. The number of likely N-dealkylation sites (tertiary alicyclic amines) is 1. The van der Waals surface area contributed by atoms with Gasteiger partial charge in [0.05, 0.1) is 39.0 Å². The lowest BCUT2D eigenvalue weighted by atomic mass is 9.96. The first-order valence-corrected chi connectivity index (χ1v) is 10.8. The van der Waals surface area contributed by atoms with Crippen LogP contribution in [-0.4, -0.2) is 85.2 Å². The summed E-state index contributed by atoms with van der Waals surface area (Å²) in [4.78, 5) is 34.0. The Bertz CT molecular complexity index is 1050.